The van der Waals surface area contributed by atoms with Gasteiger partial charge in [-0.1, -0.05) is 24.3 Å². The van der Waals surface area contributed by atoms with Crippen LogP contribution in [0, 0.1) is 10.1 Å². The van der Waals surface area contributed by atoms with Crippen LogP contribution in [0.25, 0.3) is 10.8 Å². The van der Waals surface area contributed by atoms with Gasteiger partial charge in [0.2, 0.25) is 0 Å². The summed E-state index contributed by atoms with van der Waals surface area (Å²) in [6.45, 7) is 1.60. The van der Waals surface area contributed by atoms with Gasteiger partial charge in [-0.15, -0.1) is 21.5 Å². The number of rotatable bonds is 6. The van der Waals surface area contributed by atoms with Crippen LogP contribution in [-0.2, 0) is 16.0 Å². The first kappa shape index (κ1) is 16.8. The molecule has 3 rings (SSSR count). The van der Waals surface area contributed by atoms with E-state index in [0.29, 0.717) is 5.89 Å². The fourth-order valence-electron chi connectivity index (χ4n) is 2.18. The van der Waals surface area contributed by atoms with Crippen molar-refractivity contribution < 1.29 is 18.9 Å². The Kier molecular flexibility index (Phi) is 4.85. The van der Waals surface area contributed by atoms with E-state index < -0.39 is 17.0 Å². The van der Waals surface area contributed by atoms with Crippen LogP contribution < -0.4 is 0 Å². The number of nitrogens with zero attached hydrogens (tertiary/aromatic N) is 3. The number of carbonyl (C=O) groups is 1. The molecule has 0 bridgehead atoms. The summed E-state index contributed by atoms with van der Waals surface area (Å²) < 4.78 is 10.8. The fourth-order valence-corrected chi connectivity index (χ4v) is 2.83. The Morgan fingerprint density at radius 1 is 1.32 bits per heavy atom. The zero-order valence-electron chi connectivity index (χ0n) is 13.1. The molecule has 8 nitrogen and oxygen atoms in total. The summed E-state index contributed by atoms with van der Waals surface area (Å²) in [5.74, 6) is -0.0939. The summed E-state index contributed by atoms with van der Waals surface area (Å²) in [4.78, 5) is 23.3. The molecular formula is C16H13N3O5S. The molecule has 2 heterocycles. The van der Waals surface area contributed by atoms with Crippen LogP contribution in [-0.4, -0.2) is 21.1 Å². The third kappa shape index (κ3) is 3.89. The van der Waals surface area contributed by atoms with Crippen molar-refractivity contribution >= 4 is 23.0 Å². The third-order valence-electron chi connectivity index (χ3n) is 3.35. The number of ether oxygens (including phenoxy) is 1. The van der Waals surface area contributed by atoms with E-state index in [1.165, 1.54) is 23.5 Å². The van der Waals surface area contributed by atoms with Gasteiger partial charge in [0, 0.05) is 11.6 Å². The Morgan fingerprint density at radius 2 is 2.12 bits per heavy atom. The molecule has 2 aromatic heterocycles. The normalized spacial score (nSPS) is 11.9. The molecule has 1 atom stereocenters. The lowest BCUT2D eigenvalue weighted by molar-refractivity contribution is -0.385. The van der Waals surface area contributed by atoms with Gasteiger partial charge in [-0.3, -0.25) is 14.9 Å². The number of hydrogen-bond donors (Lipinski definition) is 0. The van der Waals surface area contributed by atoms with Crippen molar-refractivity contribution in [2.75, 3.05) is 0 Å². The molecule has 0 aliphatic carbocycles. The highest BCUT2D eigenvalue weighted by atomic mass is 32.1. The summed E-state index contributed by atoms with van der Waals surface area (Å²) in [6.07, 6.45) is -0.968. The Morgan fingerprint density at radius 3 is 2.84 bits per heavy atom. The lowest BCUT2D eigenvalue weighted by Crippen LogP contribution is -2.12. The SMILES string of the molecule is CC(OC(=O)Cc1ccccc1[N+](=O)[O-])c1nnc(-c2cccs2)o1. The second-order valence-corrected chi connectivity index (χ2v) is 6.07. The van der Waals surface area contributed by atoms with Crippen LogP contribution in [0.4, 0.5) is 5.69 Å². The predicted octanol–water partition coefficient (Wildman–Crippen LogP) is 3.55. The minimum atomic E-state index is -0.753. The quantitative estimate of drug-likeness (QED) is 0.376. The summed E-state index contributed by atoms with van der Waals surface area (Å²) in [5, 5.41) is 20.7. The molecule has 0 saturated carbocycles. The molecule has 128 valence electrons. The van der Waals surface area contributed by atoms with Gasteiger partial charge >= 0.3 is 5.97 Å². The van der Waals surface area contributed by atoms with Crippen molar-refractivity contribution in [1.29, 1.82) is 0 Å². The lowest BCUT2D eigenvalue weighted by Gasteiger charge is -2.09. The van der Waals surface area contributed by atoms with Gasteiger partial charge in [0.15, 0.2) is 6.10 Å². The van der Waals surface area contributed by atoms with Crippen LogP contribution >= 0.6 is 11.3 Å². The molecule has 0 aliphatic rings. The monoisotopic (exact) mass is 359 g/mol. The minimum absolute atomic E-state index is 0.120. The van der Waals surface area contributed by atoms with Gasteiger partial charge in [-0.2, -0.15) is 0 Å². The van der Waals surface area contributed by atoms with E-state index in [0.717, 1.165) is 4.88 Å². The van der Waals surface area contributed by atoms with E-state index in [1.807, 2.05) is 17.5 Å². The van der Waals surface area contributed by atoms with E-state index >= 15 is 0 Å². The van der Waals surface area contributed by atoms with E-state index in [9.17, 15) is 14.9 Å². The number of thiophene rings is 1. The standard InChI is InChI=1S/C16H13N3O5S/c1-10(15-17-18-16(24-15)13-7-4-8-25-13)23-14(20)9-11-5-2-3-6-12(11)19(21)22/h2-8,10H,9H2,1H3. The molecule has 9 heteroatoms. The second-order valence-electron chi connectivity index (χ2n) is 5.12. The fraction of sp³-hybridized carbons (Fsp3) is 0.188. The third-order valence-corrected chi connectivity index (χ3v) is 4.21. The lowest BCUT2D eigenvalue weighted by atomic mass is 10.1. The summed E-state index contributed by atoms with van der Waals surface area (Å²) >= 11 is 1.45. The number of esters is 1. The first-order valence-electron chi connectivity index (χ1n) is 7.33. The van der Waals surface area contributed by atoms with Gasteiger partial charge in [0.1, 0.15) is 0 Å². The number of hydrogen-bond acceptors (Lipinski definition) is 8. The highest BCUT2D eigenvalue weighted by Gasteiger charge is 2.22. The number of carbonyl (C=O) groups excluding carboxylic acids is 1. The average molecular weight is 359 g/mol. The van der Waals surface area contributed by atoms with Crippen molar-refractivity contribution in [2.45, 2.75) is 19.4 Å². The zero-order chi connectivity index (χ0) is 17.8. The van der Waals surface area contributed by atoms with Crippen molar-refractivity contribution in [3.8, 4) is 10.8 Å². The van der Waals surface area contributed by atoms with Crippen molar-refractivity contribution in [1.82, 2.24) is 10.2 Å². The number of benzene rings is 1. The summed E-state index contributed by atoms with van der Waals surface area (Å²) in [7, 11) is 0. The number of para-hydroxylation sites is 1. The van der Waals surface area contributed by atoms with Gasteiger partial charge in [-0.25, -0.2) is 0 Å². The highest BCUT2D eigenvalue weighted by molar-refractivity contribution is 7.13. The van der Waals surface area contributed by atoms with Crippen molar-refractivity contribution in [3.05, 3.63) is 63.3 Å². The number of nitro benzene ring substituents is 1. The molecule has 1 aromatic carbocycles. The topological polar surface area (TPSA) is 108 Å². The molecule has 0 amide bonds. The largest absolute Gasteiger partial charge is 0.452 e. The van der Waals surface area contributed by atoms with E-state index in [4.69, 9.17) is 9.15 Å². The van der Waals surface area contributed by atoms with Crippen LogP contribution in [0.3, 0.4) is 0 Å². The Bertz CT molecular complexity index is 891. The number of nitro groups is 1. The highest BCUT2D eigenvalue weighted by Crippen LogP contribution is 2.26. The smallest absolute Gasteiger partial charge is 0.311 e. The molecule has 0 aliphatic heterocycles. The van der Waals surface area contributed by atoms with Crippen molar-refractivity contribution in [2.24, 2.45) is 0 Å². The van der Waals surface area contributed by atoms with Crippen molar-refractivity contribution in [3.63, 3.8) is 0 Å². The molecule has 0 radical (unpaired) electrons. The molecule has 0 N–H and O–H groups in total. The Balaban J connectivity index is 1.66. The van der Waals surface area contributed by atoms with E-state index in [-0.39, 0.29) is 23.6 Å². The van der Waals surface area contributed by atoms with E-state index in [1.54, 1.807) is 19.1 Å². The maximum Gasteiger partial charge on any atom is 0.311 e. The summed E-state index contributed by atoms with van der Waals surface area (Å²) in [5.41, 5.74) is 0.166. The second kappa shape index (κ2) is 7.22. The predicted molar refractivity (Wildman–Crippen MR) is 88.9 cm³/mol. The molecular weight excluding hydrogens is 346 g/mol. The molecule has 1 unspecified atom stereocenters. The first-order valence-corrected chi connectivity index (χ1v) is 8.21. The van der Waals surface area contributed by atoms with Crippen LogP contribution in [0.2, 0.25) is 0 Å². The van der Waals surface area contributed by atoms with Crippen LogP contribution in [0.1, 0.15) is 24.5 Å². The van der Waals surface area contributed by atoms with Crippen LogP contribution in [0.15, 0.2) is 46.2 Å². The number of aromatic nitrogens is 2. The maximum atomic E-state index is 12.1. The Hall–Kier alpha value is -3.07. The first-order chi connectivity index (χ1) is 12.0. The van der Waals surface area contributed by atoms with E-state index in [2.05, 4.69) is 10.2 Å². The molecule has 0 fully saturated rings. The van der Waals surface area contributed by atoms with Crippen LogP contribution in [0.5, 0.6) is 0 Å². The summed E-state index contributed by atoms with van der Waals surface area (Å²) in [6, 6.07) is 9.74. The zero-order valence-corrected chi connectivity index (χ0v) is 13.9. The molecule has 25 heavy (non-hydrogen) atoms. The minimum Gasteiger partial charge on any atom is -0.452 e. The van der Waals surface area contributed by atoms with Gasteiger partial charge in [0.05, 0.1) is 16.2 Å². The molecule has 0 saturated heterocycles. The van der Waals surface area contributed by atoms with Gasteiger partial charge < -0.3 is 9.15 Å². The Labute approximate surface area is 146 Å². The molecule has 0 spiro atoms. The average Bonchev–Trinajstić information content (AvgIpc) is 3.26. The van der Waals surface area contributed by atoms with Gasteiger partial charge in [-0.05, 0) is 18.4 Å². The van der Waals surface area contributed by atoms with Gasteiger partial charge in [0.25, 0.3) is 17.5 Å². The maximum absolute atomic E-state index is 12.1. The molecule has 3 aromatic rings.